The number of nitrogens with two attached hydrogens (primary N) is 2. The summed E-state index contributed by atoms with van der Waals surface area (Å²) < 4.78 is 18.0. The molecule has 0 aromatic heterocycles. The van der Waals surface area contributed by atoms with Gasteiger partial charge in [-0.1, -0.05) is 24.0 Å². The Morgan fingerprint density at radius 3 is 2.76 bits per heavy atom. The zero-order valence-corrected chi connectivity index (χ0v) is 23.8. The number of nitrogens with zero attached hydrogens (tertiary/aromatic N) is 1. The molecule has 1 heterocycles. The number of aromatic hydroxyl groups is 1. The lowest BCUT2D eigenvalue weighted by Crippen LogP contribution is -2.26. The number of aliphatic hydroxyl groups is 1. The van der Waals surface area contributed by atoms with Crippen LogP contribution in [0.4, 0.5) is 0 Å². The molecule has 4 rings (SSSR count). The first-order chi connectivity index (χ1) is 19.8. The number of nitrogens with one attached hydrogen (secondary N) is 1. The highest BCUT2D eigenvalue weighted by Crippen LogP contribution is 2.43. The SMILES string of the molecule is CNCOc1c2cc(c3c1OC[C@H](CCN=C(N)N)C3)CC[C@@H](O)CC(=O)CCc1ccc(O)c(OC)c1C#CC2. The van der Waals surface area contributed by atoms with Gasteiger partial charge in [0.15, 0.2) is 29.0 Å². The number of hydrogen-bond acceptors (Lipinski definition) is 8. The lowest BCUT2D eigenvalue weighted by Gasteiger charge is -2.30. The highest BCUT2D eigenvalue weighted by Gasteiger charge is 2.28. The monoisotopic (exact) mass is 564 g/mol. The van der Waals surface area contributed by atoms with Gasteiger partial charge in [-0.2, -0.15) is 0 Å². The maximum absolute atomic E-state index is 12.8. The summed E-state index contributed by atoms with van der Waals surface area (Å²) in [7, 11) is 3.29. The fourth-order valence-electron chi connectivity index (χ4n) is 5.39. The van der Waals surface area contributed by atoms with E-state index in [2.05, 4.69) is 28.2 Å². The molecule has 1 aliphatic carbocycles. The van der Waals surface area contributed by atoms with Gasteiger partial charge in [0.1, 0.15) is 12.5 Å². The van der Waals surface area contributed by atoms with Crippen molar-refractivity contribution in [2.24, 2.45) is 22.4 Å². The quantitative estimate of drug-likeness (QED) is 0.146. The van der Waals surface area contributed by atoms with Gasteiger partial charge in [-0.25, -0.2) is 0 Å². The Morgan fingerprint density at radius 1 is 1.17 bits per heavy atom. The highest BCUT2D eigenvalue weighted by molar-refractivity contribution is 5.79. The standard InChI is InChI=1S/C31H40N4O6/c1-34-18-41-28-22-4-3-5-25-20(8-11-27(38)29(25)39-2)6-9-23(36)16-24(37)10-7-21(15-22)26-14-19(17-40-30(26)28)12-13-35-31(32)33/h8,11,15,19,24,34,37-38H,4,6-7,9-10,12-14,16-18H2,1-2H3,(H4,32,33,35)/t19-,24-/m1/s1. The number of carbonyl (C=O) groups excluding carboxylic acids is 1. The second-order valence-corrected chi connectivity index (χ2v) is 10.5. The Balaban J connectivity index is 1.78. The minimum absolute atomic E-state index is 0.0166. The minimum atomic E-state index is -0.765. The first-order valence-electron chi connectivity index (χ1n) is 14.0. The molecule has 0 unspecified atom stereocenters. The summed E-state index contributed by atoms with van der Waals surface area (Å²) in [4.78, 5) is 16.9. The molecule has 0 radical (unpaired) electrons. The summed E-state index contributed by atoms with van der Waals surface area (Å²) in [5.41, 5.74) is 15.3. The number of ketones is 1. The number of guanidine groups is 1. The average Bonchev–Trinajstić information content (AvgIpc) is 2.94. The van der Waals surface area contributed by atoms with Crippen LogP contribution in [0.3, 0.4) is 0 Å². The van der Waals surface area contributed by atoms with E-state index in [1.807, 2.05) is 0 Å². The number of carbonyl (C=O) groups is 1. The molecular weight excluding hydrogens is 524 g/mol. The predicted molar refractivity (Wildman–Crippen MR) is 156 cm³/mol. The summed E-state index contributed by atoms with van der Waals surface area (Å²) in [6, 6.07) is 5.39. The van der Waals surface area contributed by atoms with Gasteiger partial charge in [-0.3, -0.25) is 15.1 Å². The van der Waals surface area contributed by atoms with E-state index in [-0.39, 0.29) is 48.7 Å². The van der Waals surface area contributed by atoms with Crippen molar-refractivity contribution in [3.63, 3.8) is 0 Å². The van der Waals surface area contributed by atoms with E-state index < -0.39 is 6.10 Å². The van der Waals surface area contributed by atoms with Crippen molar-refractivity contribution in [1.29, 1.82) is 0 Å². The van der Waals surface area contributed by atoms with Gasteiger partial charge in [0.05, 0.1) is 25.4 Å². The summed E-state index contributed by atoms with van der Waals surface area (Å²) in [5, 5.41) is 24.2. The molecule has 1 aliphatic heterocycles. The number of benzene rings is 2. The van der Waals surface area contributed by atoms with Gasteiger partial charge in [0.2, 0.25) is 0 Å². The van der Waals surface area contributed by atoms with Gasteiger partial charge in [0.25, 0.3) is 0 Å². The number of phenols is 1. The van der Waals surface area contributed by atoms with Crippen LogP contribution in [0.15, 0.2) is 23.2 Å². The first kappa shape index (κ1) is 30.0. The van der Waals surface area contributed by atoms with Crippen molar-refractivity contribution >= 4 is 11.7 Å². The molecule has 10 heteroatoms. The smallest absolute Gasteiger partial charge is 0.185 e. The van der Waals surface area contributed by atoms with Crippen LogP contribution in [0.2, 0.25) is 0 Å². The minimum Gasteiger partial charge on any atom is -0.504 e. The Kier molecular flexibility index (Phi) is 10.3. The third-order valence-electron chi connectivity index (χ3n) is 7.46. The Hall–Kier alpha value is -3.94. The van der Waals surface area contributed by atoms with E-state index in [0.717, 1.165) is 35.1 Å². The van der Waals surface area contributed by atoms with E-state index >= 15 is 0 Å². The zero-order chi connectivity index (χ0) is 29.4. The van der Waals surface area contributed by atoms with Crippen molar-refractivity contribution in [3.05, 3.63) is 46.0 Å². The molecule has 0 spiro atoms. The molecule has 0 saturated carbocycles. The molecular formula is C31H40N4O6. The summed E-state index contributed by atoms with van der Waals surface area (Å²) in [6.07, 6.45) is 2.90. The molecule has 2 aliphatic rings. The van der Waals surface area contributed by atoms with Gasteiger partial charge in [-0.05, 0) is 62.3 Å². The summed E-state index contributed by atoms with van der Waals surface area (Å²) in [6.45, 7) is 1.30. The van der Waals surface area contributed by atoms with Crippen molar-refractivity contribution in [1.82, 2.24) is 5.32 Å². The molecule has 2 atom stereocenters. The second kappa shape index (κ2) is 14.1. The number of methoxy groups -OCH3 is 1. The molecule has 7 N–H and O–H groups in total. The number of rotatable bonds is 7. The zero-order valence-electron chi connectivity index (χ0n) is 23.8. The lowest BCUT2D eigenvalue weighted by atomic mass is 9.86. The van der Waals surface area contributed by atoms with Gasteiger partial charge in [0, 0.05) is 36.9 Å². The topological polar surface area (TPSA) is 162 Å². The fourth-order valence-corrected chi connectivity index (χ4v) is 5.39. The molecule has 0 saturated heterocycles. The highest BCUT2D eigenvalue weighted by atomic mass is 16.5. The van der Waals surface area contributed by atoms with E-state index in [0.29, 0.717) is 55.9 Å². The summed E-state index contributed by atoms with van der Waals surface area (Å²) in [5.74, 6) is 8.27. The predicted octanol–water partition coefficient (Wildman–Crippen LogP) is 1.96. The number of phenolic OH excluding ortho intramolecular Hbond substituents is 1. The van der Waals surface area contributed by atoms with Crippen LogP contribution in [-0.4, -0.2) is 62.1 Å². The van der Waals surface area contributed by atoms with Crippen LogP contribution in [-0.2, 0) is 30.5 Å². The van der Waals surface area contributed by atoms with Gasteiger partial charge < -0.3 is 35.9 Å². The van der Waals surface area contributed by atoms with Gasteiger partial charge in [-0.15, -0.1) is 0 Å². The maximum atomic E-state index is 12.8. The van der Waals surface area contributed by atoms with E-state index in [1.165, 1.54) is 7.11 Å². The van der Waals surface area contributed by atoms with Crippen LogP contribution in [0, 0.1) is 17.8 Å². The Bertz CT molecular complexity index is 1340. The number of hydrogen-bond donors (Lipinski definition) is 5. The third kappa shape index (κ3) is 7.63. The summed E-state index contributed by atoms with van der Waals surface area (Å²) >= 11 is 0. The molecule has 2 aromatic carbocycles. The maximum Gasteiger partial charge on any atom is 0.185 e. The van der Waals surface area contributed by atoms with Gasteiger partial charge >= 0.3 is 0 Å². The molecule has 2 bridgehead atoms. The average molecular weight is 565 g/mol. The van der Waals surface area contributed by atoms with Crippen molar-refractivity contribution < 1.29 is 29.2 Å². The Labute approximate surface area is 241 Å². The number of fused-ring (bicyclic) bond motifs is 5. The molecule has 0 amide bonds. The second-order valence-electron chi connectivity index (χ2n) is 10.5. The van der Waals surface area contributed by atoms with Crippen molar-refractivity contribution in [3.8, 4) is 34.8 Å². The number of ether oxygens (including phenoxy) is 3. The molecule has 2 aromatic rings. The molecule has 0 fully saturated rings. The van der Waals surface area contributed by atoms with Crippen LogP contribution in [0.1, 0.15) is 53.5 Å². The molecule has 220 valence electrons. The van der Waals surface area contributed by atoms with E-state index in [1.54, 1.807) is 19.2 Å². The number of aliphatic hydroxyl groups excluding tert-OH is 1. The number of aliphatic imine (C=N–C) groups is 1. The van der Waals surface area contributed by atoms with Crippen LogP contribution in [0.25, 0.3) is 0 Å². The first-order valence-corrected chi connectivity index (χ1v) is 14.0. The molecule has 41 heavy (non-hydrogen) atoms. The van der Waals surface area contributed by atoms with Crippen molar-refractivity contribution in [2.45, 2.75) is 57.5 Å². The number of aryl methyl sites for hydroxylation is 2. The third-order valence-corrected chi connectivity index (χ3v) is 7.46. The Morgan fingerprint density at radius 2 is 2.00 bits per heavy atom. The van der Waals surface area contributed by atoms with Crippen LogP contribution >= 0.6 is 0 Å². The largest absolute Gasteiger partial charge is 0.504 e. The van der Waals surface area contributed by atoms with Crippen molar-refractivity contribution in [2.75, 3.05) is 34.0 Å². The van der Waals surface area contributed by atoms with E-state index in [4.69, 9.17) is 25.7 Å². The fraction of sp³-hybridized carbons (Fsp3) is 0.484. The van der Waals surface area contributed by atoms with Crippen LogP contribution < -0.4 is 31.0 Å². The number of Topliss-reactive ketones (excluding diaryl/α,β-unsaturated/α-hetero) is 1. The molecule has 10 nitrogen and oxygen atoms in total. The van der Waals surface area contributed by atoms with Crippen LogP contribution in [0.5, 0.6) is 23.0 Å². The van der Waals surface area contributed by atoms with E-state index in [9.17, 15) is 15.0 Å². The normalized spacial score (nSPS) is 18.8. The lowest BCUT2D eigenvalue weighted by molar-refractivity contribution is -0.121.